The van der Waals surface area contributed by atoms with E-state index >= 15 is 0 Å². The van der Waals surface area contributed by atoms with Crippen molar-refractivity contribution in [1.82, 2.24) is 0 Å². The van der Waals surface area contributed by atoms with Crippen molar-refractivity contribution in [2.45, 2.75) is 13.3 Å². The van der Waals surface area contributed by atoms with Crippen LogP contribution in [0.4, 0.5) is 0 Å². The van der Waals surface area contributed by atoms with E-state index in [0.717, 1.165) is 12.6 Å². The van der Waals surface area contributed by atoms with Crippen LogP contribution in [0.2, 0.25) is 0 Å². The fraction of sp³-hybridized carbons (Fsp3) is 0.400. The lowest BCUT2D eigenvalue weighted by Crippen LogP contribution is -1.77. The molecule has 1 heterocycles. The van der Waals surface area contributed by atoms with E-state index in [4.69, 9.17) is 0 Å². The first-order valence-electron chi connectivity index (χ1n) is 2.36. The summed E-state index contributed by atoms with van der Waals surface area (Å²) in [7, 11) is 0. The Morgan fingerprint density at radius 3 is 2.29 bits per heavy atom. The molecule has 0 saturated carbocycles. The van der Waals surface area contributed by atoms with E-state index in [0.29, 0.717) is 0 Å². The molecule has 2 heteroatoms. The van der Waals surface area contributed by atoms with Gasteiger partial charge in [-0.05, 0) is 6.92 Å². The fourth-order valence-electron chi connectivity index (χ4n) is 0.455. The van der Waals surface area contributed by atoms with Crippen LogP contribution < -0.4 is 0 Å². The van der Waals surface area contributed by atoms with Crippen LogP contribution in [0.25, 0.3) is 0 Å². The molecule has 1 aliphatic heterocycles. The van der Waals surface area contributed by atoms with Gasteiger partial charge in [0.15, 0.2) is 12.4 Å². The van der Waals surface area contributed by atoms with Crippen molar-refractivity contribution in [3.63, 3.8) is 0 Å². The van der Waals surface area contributed by atoms with E-state index in [1.807, 2.05) is 6.92 Å². The van der Waals surface area contributed by atoms with Gasteiger partial charge in [-0.1, -0.05) is 9.98 Å². The summed E-state index contributed by atoms with van der Waals surface area (Å²) in [5.74, 6) is 0. The van der Waals surface area contributed by atoms with E-state index in [9.17, 15) is 0 Å². The molecule has 0 aromatic rings. The molecule has 2 nitrogen and oxygen atoms in total. The number of aliphatic imine (C=N–C) groups is 2. The lowest BCUT2D eigenvalue weighted by Gasteiger charge is -1.81. The van der Waals surface area contributed by atoms with Gasteiger partial charge in [0.25, 0.3) is 0 Å². The lowest BCUT2D eigenvalue weighted by atomic mass is 10.4. The molecule has 0 N–H and O–H groups in total. The van der Waals surface area contributed by atoms with Gasteiger partial charge in [-0.2, -0.15) is 0 Å². The van der Waals surface area contributed by atoms with Crippen LogP contribution in [0.3, 0.4) is 0 Å². The number of hydrogen-bond acceptors (Lipinski definition) is 2. The highest BCUT2D eigenvalue weighted by Crippen LogP contribution is 2.09. The summed E-state index contributed by atoms with van der Waals surface area (Å²) in [6, 6.07) is 0. The predicted octanol–water partition coefficient (Wildman–Crippen LogP) is 1.04. The third kappa shape index (κ3) is 0.796. The zero-order valence-corrected chi connectivity index (χ0v) is 4.26. The molecule has 0 radical (unpaired) electrons. The third-order valence-electron chi connectivity index (χ3n) is 0.830. The summed E-state index contributed by atoms with van der Waals surface area (Å²) in [4.78, 5) is 7.85. The Balaban J connectivity index is 2.44. The molecule has 0 fully saturated rings. The van der Waals surface area contributed by atoms with Gasteiger partial charge in [0.2, 0.25) is 6.17 Å². The zero-order valence-electron chi connectivity index (χ0n) is 4.26. The molecule has 0 bridgehead atoms. The van der Waals surface area contributed by atoms with E-state index in [1.165, 1.54) is 0 Å². The summed E-state index contributed by atoms with van der Waals surface area (Å²) in [5.41, 5.74) is 0. The minimum absolute atomic E-state index is 0.931. The van der Waals surface area contributed by atoms with Crippen molar-refractivity contribution in [1.29, 1.82) is 0 Å². The van der Waals surface area contributed by atoms with Crippen LogP contribution in [0.15, 0.2) is 9.98 Å². The Labute approximate surface area is 43.0 Å². The number of hydrogen-bond donors (Lipinski definition) is 0. The molecular formula is C5H7N2+. The molecule has 0 unspecified atom stereocenters. The van der Waals surface area contributed by atoms with E-state index in [1.54, 1.807) is 12.4 Å². The Hall–Kier alpha value is -0.790. The van der Waals surface area contributed by atoms with Crippen LogP contribution in [0.5, 0.6) is 0 Å². The van der Waals surface area contributed by atoms with Gasteiger partial charge in [-0.25, -0.2) is 0 Å². The minimum Gasteiger partial charge on any atom is -0.0969 e. The first-order chi connectivity index (χ1) is 3.43. The zero-order chi connectivity index (χ0) is 5.11. The molecule has 0 aliphatic carbocycles. The second-order valence-corrected chi connectivity index (χ2v) is 1.33. The molecule has 0 amide bonds. The van der Waals surface area contributed by atoms with Crippen LogP contribution in [0.1, 0.15) is 13.3 Å². The van der Waals surface area contributed by atoms with Gasteiger partial charge in [-0.3, -0.25) is 0 Å². The highest BCUT2D eigenvalue weighted by Gasteiger charge is 2.10. The maximum absolute atomic E-state index is 3.92. The monoisotopic (exact) mass is 95.1 g/mol. The average Bonchev–Trinajstić information content (AvgIpc) is 2.14. The van der Waals surface area contributed by atoms with Crippen molar-refractivity contribution in [2.75, 3.05) is 0 Å². The van der Waals surface area contributed by atoms with Gasteiger partial charge >= 0.3 is 0 Å². The smallest absolute Gasteiger partial charge is 0.0969 e. The average molecular weight is 95.1 g/mol. The fourth-order valence-corrected chi connectivity index (χ4v) is 0.455. The number of nitrogens with zero attached hydrogens (tertiary/aromatic N) is 2. The quantitative estimate of drug-likeness (QED) is 0.435. The van der Waals surface area contributed by atoms with Crippen LogP contribution in [-0.2, 0) is 0 Å². The highest BCUT2D eigenvalue weighted by atomic mass is 15.0. The molecular weight excluding hydrogens is 88.1 g/mol. The Bertz CT molecular complexity index is 92.6. The Morgan fingerprint density at radius 2 is 2.00 bits per heavy atom. The molecule has 0 aromatic carbocycles. The summed E-state index contributed by atoms with van der Waals surface area (Å²) < 4.78 is 0. The van der Waals surface area contributed by atoms with E-state index < -0.39 is 0 Å². The first kappa shape index (κ1) is 4.37. The van der Waals surface area contributed by atoms with Crippen LogP contribution in [0, 0.1) is 6.17 Å². The van der Waals surface area contributed by atoms with Gasteiger partial charge in [0.05, 0.1) is 6.42 Å². The molecule has 7 heavy (non-hydrogen) atoms. The second-order valence-electron chi connectivity index (χ2n) is 1.33. The summed E-state index contributed by atoms with van der Waals surface area (Å²) in [6.07, 6.45) is 5.28. The SMILES string of the molecule is CC[C+]1N=CC=N1. The molecule has 36 valence electrons. The maximum atomic E-state index is 3.92. The van der Waals surface area contributed by atoms with E-state index in [-0.39, 0.29) is 0 Å². The second kappa shape index (κ2) is 1.78. The van der Waals surface area contributed by atoms with Crippen molar-refractivity contribution < 1.29 is 0 Å². The van der Waals surface area contributed by atoms with Crippen molar-refractivity contribution >= 4 is 12.4 Å². The Kier molecular flexibility index (Phi) is 1.11. The molecule has 0 atom stereocenters. The van der Waals surface area contributed by atoms with Gasteiger partial charge < -0.3 is 0 Å². The molecule has 1 rings (SSSR count). The minimum atomic E-state index is 0.931. The topological polar surface area (TPSA) is 24.7 Å². The third-order valence-corrected chi connectivity index (χ3v) is 0.830. The van der Waals surface area contributed by atoms with Crippen molar-refractivity contribution in [2.24, 2.45) is 9.98 Å². The molecule has 0 aromatic heterocycles. The molecule has 1 aliphatic rings. The highest BCUT2D eigenvalue weighted by molar-refractivity contribution is 6.18. The lowest BCUT2D eigenvalue weighted by molar-refractivity contribution is 0.878. The van der Waals surface area contributed by atoms with Crippen LogP contribution >= 0.6 is 0 Å². The van der Waals surface area contributed by atoms with Crippen molar-refractivity contribution in [3.8, 4) is 0 Å². The maximum Gasteiger partial charge on any atom is 0.240 e. The van der Waals surface area contributed by atoms with Gasteiger partial charge in [0, 0.05) is 0 Å². The Morgan fingerprint density at radius 1 is 1.43 bits per heavy atom. The van der Waals surface area contributed by atoms with Gasteiger partial charge in [-0.15, -0.1) is 0 Å². The largest absolute Gasteiger partial charge is 0.240 e. The predicted molar refractivity (Wildman–Crippen MR) is 30.5 cm³/mol. The number of rotatable bonds is 1. The van der Waals surface area contributed by atoms with E-state index in [2.05, 4.69) is 9.98 Å². The summed E-state index contributed by atoms with van der Waals surface area (Å²) >= 11 is 0. The van der Waals surface area contributed by atoms with Crippen molar-refractivity contribution in [3.05, 3.63) is 6.17 Å². The summed E-state index contributed by atoms with van der Waals surface area (Å²) in [5, 5.41) is 0. The van der Waals surface area contributed by atoms with Crippen LogP contribution in [-0.4, -0.2) is 12.4 Å². The molecule has 0 saturated heterocycles. The molecule has 0 spiro atoms. The van der Waals surface area contributed by atoms with Gasteiger partial charge in [0.1, 0.15) is 0 Å². The standard InChI is InChI=1S/C5H7N2/c1-2-5-6-3-4-7-5/h3-4H,2H2,1H3/q+1. The summed E-state index contributed by atoms with van der Waals surface area (Å²) in [6.45, 7) is 2.04. The first-order valence-corrected chi connectivity index (χ1v) is 2.36. The normalized spacial score (nSPS) is 16.4.